The molecular weight excluding hydrogens is 408 g/mol. The summed E-state index contributed by atoms with van der Waals surface area (Å²) >= 11 is 3.52. The third kappa shape index (κ3) is 6.35. The van der Waals surface area contributed by atoms with Gasteiger partial charge < -0.3 is 20.1 Å². The van der Waals surface area contributed by atoms with Gasteiger partial charge in [0.25, 0.3) is 0 Å². The van der Waals surface area contributed by atoms with Crippen molar-refractivity contribution < 1.29 is 14.3 Å². The number of halogens is 2. The van der Waals surface area contributed by atoms with E-state index in [2.05, 4.69) is 33.5 Å². The molecule has 25 heavy (non-hydrogen) atoms. The highest BCUT2D eigenvalue weighted by molar-refractivity contribution is 9.10. The van der Waals surface area contributed by atoms with Crippen LogP contribution in [0.4, 0.5) is 0 Å². The Morgan fingerprint density at radius 2 is 1.88 bits per heavy atom. The molecule has 1 aromatic rings. The zero-order valence-electron chi connectivity index (χ0n) is 15.1. The lowest BCUT2D eigenvalue weighted by Gasteiger charge is -2.27. The van der Waals surface area contributed by atoms with E-state index in [9.17, 15) is 4.79 Å². The summed E-state index contributed by atoms with van der Waals surface area (Å²) in [5, 5.41) is 6.39. The second kappa shape index (κ2) is 10.9. The van der Waals surface area contributed by atoms with Crippen molar-refractivity contribution in [2.24, 2.45) is 11.8 Å². The van der Waals surface area contributed by atoms with E-state index in [-0.39, 0.29) is 18.3 Å². The predicted molar refractivity (Wildman–Crippen MR) is 106 cm³/mol. The molecule has 1 atom stereocenters. The van der Waals surface area contributed by atoms with Crippen LogP contribution in [0.25, 0.3) is 0 Å². The van der Waals surface area contributed by atoms with Crippen molar-refractivity contribution in [3.63, 3.8) is 0 Å². The second-order valence-corrected chi connectivity index (χ2v) is 7.20. The first kappa shape index (κ1) is 22.1. The molecule has 1 saturated heterocycles. The van der Waals surface area contributed by atoms with Crippen molar-refractivity contribution >= 4 is 34.2 Å². The number of hydrogen-bond acceptors (Lipinski definition) is 4. The number of carbonyl (C=O) groups is 1. The molecule has 142 valence electrons. The molecular formula is C18H28BrClN2O3. The summed E-state index contributed by atoms with van der Waals surface area (Å²) in [5.41, 5.74) is 0.968. The highest BCUT2D eigenvalue weighted by Gasteiger charge is 2.22. The number of piperidine rings is 1. The fourth-order valence-electron chi connectivity index (χ4n) is 3.17. The maximum absolute atomic E-state index is 12.3. The summed E-state index contributed by atoms with van der Waals surface area (Å²) in [6.45, 7) is 4.78. The standard InChI is InChI=1S/C18H27BrN2O3.ClH/c1-12(13-4-6-20-7-5-13)8-18(22)21-11-14-9-16(23-2)17(24-3)10-15(14)19;/h9-10,12-13,20H,4-8,11H2,1-3H3,(H,21,22);1H. The minimum absolute atomic E-state index is 0. The molecule has 1 fully saturated rings. The molecule has 0 radical (unpaired) electrons. The summed E-state index contributed by atoms with van der Waals surface area (Å²) < 4.78 is 11.5. The molecule has 1 aromatic carbocycles. The molecule has 7 heteroatoms. The van der Waals surface area contributed by atoms with E-state index in [1.807, 2.05) is 12.1 Å². The van der Waals surface area contributed by atoms with Crippen molar-refractivity contribution in [3.05, 3.63) is 22.2 Å². The molecule has 1 aliphatic rings. The Morgan fingerprint density at radius 3 is 2.48 bits per heavy atom. The van der Waals surface area contributed by atoms with Gasteiger partial charge in [-0.15, -0.1) is 12.4 Å². The van der Waals surface area contributed by atoms with Crippen LogP contribution in [0.5, 0.6) is 11.5 Å². The number of carbonyl (C=O) groups excluding carboxylic acids is 1. The maximum atomic E-state index is 12.3. The highest BCUT2D eigenvalue weighted by Crippen LogP contribution is 2.33. The number of nitrogens with one attached hydrogen (secondary N) is 2. The highest BCUT2D eigenvalue weighted by atomic mass is 79.9. The van der Waals surface area contributed by atoms with Crippen molar-refractivity contribution in [2.75, 3.05) is 27.3 Å². The van der Waals surface area contributed by atoms with E-state index in [4.69, 9.17) is 9.47 Å². The molecule has 1 aliphatic heterocycles. The van der Waals surface area contributed by atoms with E-state index in [1.54, 1.807) is 14.2 Å². The summed E-state index contributed by atoms with van der Waals surface area (Å²) in [4.78, 5) is 12.3. The Balaban J connectivity index is 0.00000312. The van der Waals surface area contributed by atoms with Crippen LogP contribution in [0.15, 0.2) is 16.6 Å². The first-order valence-electron chi connectivity index (χ1n) is 8.43. The Morgan fingerprint density at radius 1 is 1.28 bits per heavy atom. The third-order valence-electron chi connectivity index (χ3n) is 4.72. The molecule has 1 heterocycles. The number of amides is 1. The third-order valence-corrected chi connectivity index (χ3v) is 5.46. The Labute approximate surface area is 164 Å². The smallest absolute Gasteiger partial charge is 0.220 e. The average Bonchev–Trinajstić information content (AvgIpc) is 2.61. The molecule has 1 unspecified atom stereocenters. The maximum Gasteiger partial charge on any atom is 0.220 e. The first-order valence-corrected chi connectivity index (χ1v) is 9.22. The minimum atomic E-state index is 0. The van der Waals surface area contributed by atoms with Gasteiger partial charge in [0.15, 0.2) is 11.5 Å². The average molecular weight is 436 g/mol. The van der Waals surface area contributed by atoms with Crippen molar-refractivity contribution in [2.45, 2.75) is 32.7 Å². The van der Waals surface area contributed by atoms with Gasteiger partial charge in [0.1, 0.15) is 0 Å². The first-order chi connectivity index (χ1) is 11.5. The molecule has 2 rings (SSSR count). The normalized spacial score (nSPS) is 15.8. The van der Waals surface area contributed by atoms with Gasteiger partial charge in [-0.2, -0.15) is 0 Å². The summed E-state index contributed by atoms with van der Waals surface area (Å²) in [6.07, 6.45) is 2.90. The van der Waals surface area contributed by atoms with Gasteiger partial charge >= 0.3 is 0 Å². The fraction of sp³-hybridized carbons (Fsp3) is 0.611. The molecule has 5 nitrogen and oxygen atoms in total. The van der Waals surface area contributed by atoms with Crippen molar-refractivity contribution in [1.29, 1.82) is 0 Å². The largest absolute Gasteiger partial charge is 0.493 e. The monoisotopic (exact) mass is 434 g/mol. The lowest BCUT2D eigenvalue weighted by atomic mass is 9.84. The van der Waals surface area contributed by atoms with Gasteiger partial charge in [-0.1, -0.05) is 22.9 Å². The van der Waals surface area contributed by atoms with Crippen LogP contribution in [0.1, 0.15) is 31.7 Å². The topological polar surface area (TPSA) is 59.6 Å². The summed E-state index contributed by atoms with van der Waals surface area (Å²) in [5.74, 6) is 2.49. The van der Waals surface area contributed by atoms with Gasteiger partial charge in [-0.3, -0.25) is 4.79 Å². The number of ether oxygens (including phenoxy) is 2. The molecule has 0 saturated carbocycles. The van der Waals surface area contributed by atoms with Gasteiger partial charge in [-0.05, 0) is 55.5 Å². The SMILES string of the molecule is COc1cc(Br)c(CNC(=O)CC(C)C2CCNCC2)cc1OC.Cl. The second-order valence-electron chi connectivity index (χ2n) is 6.34. The van der Waals surface area contributed by atoms with Crippen LogP contribution in [0.2, 0.25) is 0 Å². The van der Waals surface area contributed by atoms with Crippen LogP contribution in [-0.4, -0.2) is 33.2 Å². The molecule has 2 N–H and O–H groups in total. The number of benzene rings is 1. The van der Waals surface area contributed by atoms with Crippen LogP contribution in [-0.2, 0) is 11.3 Å². The lowest BCUT2D eigenvalue weighted by Crippen LogP contribution is -2.33. The zero-order chi connectivity index (χ0) is 17.5. The fourth-order valence-corrected chi connectivity index (χ4v) is 3.63. The summed E-state index contributed by atoms with van der Waals surface area (Å²) in [6, 6.07) is 3.75. The molecule has 0 aliphatic carbocycles. The molecule has 0 spiro atoms. The van der Waals surface area contributed by atoms with Crippen LogP contribution >= 0.6 is 28.3 Å². The summed E-state index contributed by atoms with van der Waals surface area (Å²) in [7, 11) is 3.21. The molecule has 0 bridgehead atoms. The van der Waals surface area contributed by atoms with E-state index < -0.39 is 0 Å². The van der Waals surface area contributed by atoms with E-state index in [0.717, 1.165) is 36.0 Å². The number of hydrogen-bond donors (Lipinski definition) is 2. The van der Waals surface area contributed by atoms with Gasteiger partial charge in [-0.25, -0.2) is 0 Å². The van der Waals surface area contributed by atoms with Gasteiger partial charge in [0, 0.05) is 17.4 Å². The van der Waals surface area contributed by atoms with Gasteiger partial charge in [0.2, 0.25) is 5.91 Å². The number of methoxy groups -OCH3 is 2. The van der Waals surface area contributed by atoms with Crippen LogP contribution in [0.3, 0.4) is 0 Å². The lowest BCUT2D eigenvalue weighted by molar-refractivity contribution is -0.122. The Kier molecular flexibility index (Phi) is 9.61. The zero-order valence-corrected chi connectivity index (χ0v) is 17.5. The molecule has 0 aromatic heterocycles. The van der Waals surface area contributed by atoms with Crippen LogP contribution < -0.4 is 20.1 Å². The number of rotatable bonds is 7. The predicted octanol–water partition coefficient (Wildman–Crippen LogP) is 3.53. The Hall–Kier alpha value is -0.980. The minimum Gasteiger partial charge on any atom is -0.493 e. The quantitative estimate of drug-likeness (QED) is 0.688. The van der Waals surface area contributed by atoms with Gasteiger partial charge in [0.05, 0.1) is 14.2 Å². The van der Waals surface area contributed by atoms with E-state index in [0.29, 0.717) is 36.3 Å². The van der Waals surface area contributed by atoms with Crippen molar-refractivity contribution in [3.8, 4) is 11.5 Å². The molecule has 1 amide bonds. The van der Waals surface area contributed by atoms with Crippen LogP contribution in [0, 0.1) is 11.8 Å². The van der Waals surface area contributed by atoms with E-state index >= 15 is 0 Å². The van der Waals surface area contributed by atoms with E-state index in [1.165, 1.54) is 0 Å². The Bertz CT molecular complexity index is 565. The van der Waals surface area contributed by atoms with Crippen molar-refractivity contribution in [1.82, 2.24) is 10.6 Å².